The second-order valence-electron chi connectivity index (χ2n) is 5.16. The van der Waals surface area contributed by atoms with Gasteiger partial charge in [0.25, 0.3) is 0 Å². The second-order valence-corrected chi connectivity index (χ2v) is 5.16. The SMILES string of the molecule is CC(=O)OC[C@H]1O[C@H](Cc2ccccc2)C=C[C@H]1OC(C)=O. The van der Waals surface area contributed by atoms with E-state index in [-0.39, 0.29) is 18.7 Å². The van der Waals surface area contributed by atoms with Crippen LogP contribution in [0.15, 0.2) is 42.5 Å². The van der Waals surface area contributed by atoms with E-state index in [1.807, 2.05) is 36.4 Å². The van der Waals surface area contributed by atoms with Gasteiger partial charge in [-0.15, -0.1) is 0 Å². The molecule has 0 bridgehead atoms. The Labute approximate surface area is 129 Å². The van der Waals surface area contributed by atoms with Crippen LogP contribution in [0.5, 0.6) is 0 Å². The summed E-state index contributed by atoms with van der Waals surface area (Å²) < 4.78 is 16.1. The van der Waals surface area contributed by atoms with Crippen molar-refractivity contribution in [2.75, 3.05) is 6.61 Å². The van der Waals surface area contributed by atoms with Crippen LogP contribution in [0.25, 0.3) is 0 Å². The van der Waals surface area contributed by atoms with Gasteiger partial charge in [-0.25, -0.2) is 0 Å². The van der Waals surface area contributed by atoms with E-state index >= 15 is 0 Å². The summed E-state index contributed by atoms with van der Waals surface area (Å²) >= 11 is 0. The van der Waals surface area contributed by atoms with Gasteiger partial charge in [0.05, 0.1) is 6.10 Å². The predicted molar refractivity (Wildman–Crippen MR) is 80.1 cm³/mol. The molecule has 5 nitrogen and oxygen atoms in total. The summed E-state index contributed by atoms with van der Waals surface area (Å²) in [6.45, 7) is 2.73. The number of carbonyl (C=O) groups is 2. The Balaban J connectivity index is 2.02. The fraction of sp³-hybridized carbons (Fsp3) is 0.412. The third-order valence-electron chi connectivity index (χ3n) is 3.26. The Hall–Kier alpha value is -2.14. The summed E-state index contributed by atoms with van der Waals surface area (Å²) in [4.78, 5) is 22.1. The number of carbonyl (C=O) groups excluding carboxylic acids is 2. The van der Waals surface area contributed by atoms with Crippen LogP contribution in [0.3, 0.4) is 0 Å². The third-order valence-corrected chi connectivity index (χ3v) is 3.26. The summed E-state index contributed by atoms with van der Waals surface area (Å²) in [7, 11) is 0. The molecule has 3 atom stereocenters. The summed E-state index contributed by atoms with van der Waals surface area (Å²) in [6.07, 6.45) is 3.21. The molecule has 1 aliphatic heterocycles. The maximum absolute atomic E-state index is 11.1. The first-order chi connectivity index (χ1) is 10.5. The van der Waals surface area contributed by atoms with Crippen molar-refractivity contribution in [2.45, 2.75) is 38.6 Å². The van der Waals surface area contributed by atoms with E-state index in [9.17, 15) is 9.59 Å². The van der Waals surface area contributed by atoms with E-state index in [0.29, 0.717) is 6.42 Å². The van der Waals surface area contributed by atoms with Crippen LogP contribution in [-0.2, 0) is 30.2 Å². The van der Waals surface area contributed by atoms with Gasteiger partial charge in [0.15, 0.2) is 0 Å². The van der Waals surface area contributed by atoms with Gasteiger partial charge in [-0.05, 0) is 11.6 Å². The molecule has 118 valence electrons. The van der Waals surface area contributed by atoms with E-state index in [1.165, 1.54) is 13.8 Å². The van der Waals surface area contributed by atoms with Crippen LogP contribution < -0.4 is 0 Å². The Kier molecular flexibility index (Phi) is 5.72. The van der Waals surface area contributed by atoms with Crippen LogP contribution in [-0.4, -0.2) is 36.9 Å². The fourth-order valence-corrected chi connectivity index (χ4v) is 2.31. The highest BCUT2D eigenvalue weighted by Gasteiger charge is 2.30. The van der Waals surface area contributed by atoms with Crippen molar-refractivity contribution in [2.24, 2.45) is 0 Å². The Bertz CT molecular complexity index is 537. The quantitative estimate of drug-likeness (QED) is 0.615. The Morgan fingerprint density at radius 2 is 1.82 bits per heavy atom. The molecule has 0 fully saturated rings. The van der Waals surface area contributed by atoms with Crippen LogP contribution in [0.4, 0.5) is 0 Å². The Morgan fingerprint density at radius 1 is 1.09 bits per heavy atom. The first kappa shape index (κ1) is 16.2. The van der Waals surface area contributed by atoms with Crippen molar-refractivity contribution < 1.29 is 23.8 Å². The molecule has 0 aliphatic carbocycles. The van der Waals surface area contributed by atoms with Gasteiger partial charge in [-0.2, -0.15) is 0 Å². The van der Waals surface area contributed by atoms with Gasteiger partial charge >= 0.3 is 11.9 Å². The lowest BCUT2D eigenvalue weighted by molar-refractivity contribution is -0.163. The third kappa shape index (κ3) is 5.00. The Morgan fingerprint density at radius 3 is 2.45 bits per heavy atom. The van der Waals surface area contributed by atoms with Gasteiger partial charge in [0.2, 0.25) is 0 Å². The molecule has 0 radical (unpaired) electrons. The lowest BCUT2D eigenvalue weighted by Crippen LogP contribution is -2.41. The van der Waals surface area contributed by atoms with Crippen molar-refractivity contribution in [3.8, 4) is 0 Å². The largest absolute Gasteiger partial charge is 0.463 e. The van der Waals surface area contributed by atoms with Gasteiger partial charge in [0.1, 0.15) is 18.8 Å². The van der Waals surface area contributed by atoms with E-state index in [4.69, 9.17) is 14.2 Å². The lowest BCUT2D eigenvalue weighted by Gasteiger charge is -2.31. The standard InChI is InChI=1S/C17H20O5/c1-12(18)20-11-17-16(21-13(2)19)9-8-15(22-17)10-14-6-4-3-5-7-14/h3-9,15-17H,10-11H2,1-2H3/t15-,16+,17+/m0/s1. The highest BCUT2D eigenvalue weighted by Crippen LogP contribution is 2.20. The minimum absolute atomic E-state index is 0.0584. The molecule has 0 saturated heterocycles. The number of esters is 2. The van der Waals surface area contributed by atoms with Crippen molar-refractivity contribution in [3.05, 3.63) is 48.0 Å². The molecule has 0 N–H and O–H groups in total. The van der Waals surface area contributed by atoms with Crippen LogP contribution >= 0.6 is 0 Å². The maximum atomic E-state index is 11.1. The molecule has 1 aliphatic rings. The summed E-state index contributed by atoms with van der Waals surface area (Å²) in [5.41, 5.74) is 1.15. The number of hydrogen-bond acceptors (Lipinski definition) is 5. The normalized spacial score (nSPS) is 23.8. The zero-order chi connectivity index (χ0) is 15.9. The molecule has 0 spiro atoms. The zero-order valence-corrected chi connectivity index (χ0v) is 12.7. The first-order valence-corrected chi connectivity index (χ1v) is 7.23. The topological polar surface area (TPSA) is 61.8 Å². The fourth-order valence-electron chi connectivity index (χ4n) is 2.31. The molecule has 22 heavy (non-hydrogen) atoms. The van der Waals surface area contributed by atoms with Gasteiger partial charge in [-0.3, -0.25) is 9.59 Å². The van der Waals surface area contributed by atoms with E-state index in [0.717, 1.165) is 5.56 Å². The van der Waals surface area contributed by atoms with Gasteiger partial charge < -0.3 is 14.2 Å². The lowest BCUT2D eigenvalue weighted by atomic mass is 10.0. The monoisotopic (exact) mass is 304 g/mol. The highest BCUT2D eigenvalue weighted by molar-refractivity contribution is 5.66. The van der Waals surface area contributed by atoms with Crippen LogP contribution in [0.2, 0.25) is 0 Å². The number of benzene rings is 1. The molecule has 5 heteroatoms. The average Bonchev–Trinajstić information content (AvgIpc) is 2.48. The number of ether oxygens (including phenoxy) is 3. The number of hydrogen-bond donors (Lipinski definition) is 0. The van der Waals surface area contributed by atoms with Gasteiger partial charge in [-0.1, -0.05) is 36.4 Å². The van der Waals surface area contributed by atoms with Crippen LogP contribution in [0, 0.1) is 0 Å². The molecule has 0 amide bonds. The molecule has 1 heterocycles. The molecular formula is C17H20O5. The number of rotatable bonds is 5. The van der Waals surface area contributed by atoms with Gasteiger partial charge in [0, 0.05) is 20.3 Å². The summed E-state index contributed by atoms with van der Waals surface area (Å²) in [5, 5.41) is 0. The average molecular weight is 304 g/mol. The van der Waals surface area contributed by atoms with E-state index in [2.05, 4.69) is 0 Å². The minimum atomic E-state index is -0.538. The molecule has 0 unspecified atom stereocenters. The van der Waals surface area contributed by atoms with Crippen molar-refractivity contribution in [1.29, 1.82) is 0 Å². The first-order valence-electron chi connectivity index (χ1n) is 7.23. The predicted octanol–water partition coefficient (Wildman–Crippen LogP) is 2.05. The van der Waals surface area contributed by atoms with Crippen molar-refractivity contribution in [1.82, 2.24) is 0 Å². The molecule has 0 saturated carbocycles. The molecule has 1 aromatic rings. The summed E-state index contributed by atoms with van der Waals surface area (Å²) in [6, 6.07) is 9.95. The van der Waals surface area contributed by atoms with Crippen molar-refractivity contribution >= 4 is 11.9 Å². The molecule has 1 aromatic carbocycles. The second kappa shape index (κ2) is 7.75. The smallest absolute Gasteiger partial charge is 0.303 e. The van der Waals surface area contributed by atoms with E-state index in [1.54, 1.807) is 6.08 Å². The van der Waals surface area contributed by atoms with Crippen molar-refractivity contribution in [3.63, 3.8) is 0 Å². The molecular weight excluding hydrogens is 284 g/mol. The maximum Gasteiger partial charge on any atom is 0.303 e. The zero-order valence-electron chi connectivity index (χ0n) is 12.7. The van der Waals surface area contributed by atoms with E-state index < -0.39 is 18.2 Å². The summed E-state index contributed by atoms with van der Waals surface area (Å²) in [5.74, 6) is -0.785. The molecule has 0 aromatic heterocycles. The minimum Gasteiger partial charge on any atom is -0.463 e. The molecule has 2 rings (SSSR count). The van der Waals surface area contributed by atoms with Crippen LogP contribution in [0.1, 0.15) is 19.4 Å². The highest BCUT2D eigenvalue weighted by atomic mass is 16.6.